The number of hydrogen-bond acceptors (Lipinski definition) is 6. The van der Waals surface area contributed by atoms with Gasteiger partial charge in [0.25, 0.3) is 0 Å². The molecular weight excluding hydrogens is 240 g/mol. The lowest BCUT2D eigenvalue weighted by Crippen LogP contribution is -2.21. The number of esters is 1. The lowest BCUT2D eigenvalue weighted by Gasteiger charge is -2.09. The van der Waals surface area contributed by atoms with Gasteiger partial charge in [-0.25, -0.2) is 4.79 Å². The summed E-state index contributed by atoms with van der Waals surface area (Å²) in [6.07, 6.45) is 1.25. The molecule has 0 bridgehead atoms. The second-order valence-electron chi connectivity index (χ2n) is 3.90. The van der Waals surface area contributed by atoms with E-state index in [0.717, 1.165) is 0 Å². The monoisotopic (exact) mass is 256 g/mol. The summed E-state index contributed by atoms with van der Waals surface area (Å²) in [4.78, 5) is 27.2. The van der Waals surface area contributed by atoms with Crippen LogP contribution < -0.4 is 0 Å². The van der Waals surface area contributed by atoms with Gasteiger partial charge in [0.05, 0.1) is 6.61 Å². The lowest BCUT2D eigenvalue weighted by atomic mass is 10.5. The van der Waals surface area contributed by atoms with Crippen LogP contribution in [-0.2, 0) is 11.3 Å². The summed E-state index contributed by atoms with van der Waals surface area (Å²) < 4.78 is 6.25. The van der Waals surface area contributed by atoms with Crippen LogP contribution in [0.25, 0.3) is 0 Å². The predicted octanol–water partition coefficient (Wildman–Crippen LogP) is 0.530. The first-order chi connectivity index (χ1) is 8.45. The Hall–Kier alpha value is -1.96. The minimum absolute atomic E-state index is 0.0367. The highest BCUT2D eigenvalue weighted by Crippen LogP contribution is 2.12. The van der Waals surface area contributed by atoms with Gasteiger partial charge in [-0.2, -0.15) is 0 Å². The molecule has 1 heterocycles. The molecule has 8 heteroatoms. The molecule has 0 N–H and O–H groups in total. The molecular formula is C10H16N4O4. The summed E-state index contributed by atoms with van der Waals surface area (Å²) in [6, 6.07) is 0. The van der Waals surface area contributed by atoms with Gasteiger partial charge in [-0.1, -0.05) is 0 Å². The first-order valence-corrected chi connectivity index (χ1v) is 5.49. The smallest absolute Gasteiger partial charge is 0.401 e. The first kappa shape index (κ1) is 14.1. The minimum Gasteiger partial charge on any atom is -0.458 e. The molecule has 0 aliphatic carbocycles. The Bertz CT molecular complexity index is 441. The number of likely N-dealkylation sites (N-methyl/N-ethyl adjacent to an activating group) is 1. The van der Waals surface area contributed by atoms with Crippen LogP contribution in [0.2, 0.25) is 0 Å². The van der Waals surface area contributed by atoms with Crippen molar-refractivity contribution in [2.24, 2.45) is 0 Å². The number of nitro groups is 1. The standard InChI is InChI=1S/C10H16N4O4/c1-4-18-10(15)9-11-8(14(16)17)7-13(9)6-5-12(2)3/h7H,4-6H2,1-3H3. The van der Waals surface area contributed by atoms with E-state index in [9.17, 15) is 14.9 Å². The van der Waals surface area contributed by atoms with E-state index < -0.39 is 10.9 Å². The van der Waals surface area contributed by atoms with Gasteiger partial charge in [-0.05, 0) is 30.9 Å². The van der Waals surface area contributed by atoms with E-state index in [-0.39, 0.29) is 18.2 Å². The molecule has 0 radical (unpaired) electrons. The molecule has 1 rings (SSSR count). The number of imidazole rings is 1. The van der Waals surface area contributed by atoms with Gasteiger partial charge in [0.2, 0.25) is 0 Å². The molecule has 1 aromatic heterocycles. The third kappa shape index (κ3) is 3.52. The predicted molar refractivity (Wildman–Crippen MR) is 63.4 cm³/mol. The summed E-state index contributed by atoms with van der Waals surface area (Å²) >= 11 is 0. The number of rotatable bonds is 6. The van der Waals surface area contributed by atoms with E-state index in [4.69, 9.17) is 4.74 Å². The average Bonchev–Trinajstić information content (AvgIpc) is 2.70. The van der Waals surface area contributed by atoms with Crippen LogP contribution >= 0.6 is 0 Å². The van der Waals surface area contributed by atoms with Gasteiger partial charge in [-0.15, -0.1) is 0 Å². The number of nitrogens with zero attached hydrogens (tertiary/aromatic N) is 4. The molecule has 18 heavy (non-hydrogen) atoms. The fourth-order valence-corrected chi connectivity index (χ4v) is 1.33. The topological polar surface area (TPSA) is 90.5 Å². The molecule has 0 aliphatic heterocycles. The number of aromatic nitrogens is 2. The fourth-order valence-electron chi connectivity index (χ4n) is 1.33. The van der Waals surface area contributed by atoms with Crippen molar-refractivity contribution in [1.29, 1.82) is 0 Å². The van der Waals surface area contributed by atoms with Gasteiger partial charge in [-0.3, -0.25) is 4.57 Å². The van der Waals surface area contributed by atoms with Crippen molar-refractivity contribution >= 4 is 11.8 Å². The van der Waals surface area contributed by atoms with Gasteiger partial charge >= 0.3 is 17.6 Å². The maximum absolute atomic E-state index is 11.6. The highest BCUT2D eigenvalue weighted by molar-refractivity contribution is 5.86. The van der Waals surface area contributed by atoms with Crippen LogP contribution in [0.4, 0.5) is 5.82 Å². The van der Waals surface area contributed by atoms with Crippen LogP contribution in [0.5, 0.6) is 0 Å². The van der Waals surface area contributed by atoms with Crippen molar-refractivity contribution in [3.8, 4) is 0 Å². The molecule has 0 saturated heterocycles. The molecule has 0 aliphatic rings. The van der Waals surface area contributed by atoms with E-state index in [1.165, 1.54) is 10.8 Å². The Labute approximate surface area is 104 Å². The summed E-state index contributed by atoms with van der Waals surface area (Å²) in [5.41, 5.74) is 0. The molecule has 0 atom stereocenters. The van der Waals surface area contributed by atoms with Gasteiger partial charge in [0, 0.05) is 13.1 Å². The van der Waals surface area contributed by atoms with E-state index >= 15 is 0 Å². The molecule has 0 unspecified atom stereocenters. The second-order valence-corrected chi connectivity index (χ2v) is 3.90. The van der Waals surface area contributed by atoms with Crippen LogP contribution in [-0.4, -0.2) is 52.6 Å². The van der Waals surface area contributed by atoms with Gasteiger partial charge in [0.1, 0.15) is 6.20 Å². The van der Waals surface area contributed by atoms with Crippen molar-refractivity contribution in [2.75, 3.05) is 27.2 Å². The molecule has 100 valence electrons. The third-order valence-electron chi connectivity index (χ3n) is 2.20. The Morgan fingerprint density at radius 2 is 2.28 bits per heavy atom. The normalized spacial score (nSPS) is 10.7. The Kier molecular flexibility index (Phi) is 4.78. The van der Waals surface area contributed by atoms with Crippen molar-refractivity contribution in [3.63, 3.8) is 0 Å². The summed E-state index contributed by atoms with van der Waals surface area (Å²) in [5, 5.41) is 10.7. The summed E-state index contributed by atoms with van der Waals surface area (Å²) in [5.74, 6) is -1.04. The van der Waals surface area contributed by atoms with E-state index in [2.05, 4.69) is 4.98 Å². The van der Waals surface area contributed by atoms with Crippen molar-refractivity contribution in [2.45, 2.75) is 13.5 Å². The first-order valence-electron chi connectivity index (χ1n) is 5.49. The molecule has 0 aromatic carbocycles. The quantitative estimate of drug-likeness (QED) is 0.419. The molecule has 8 nitrogen and oxygen atoms in total. The molecule has 0 fully saturated rings. The fraction of sp³-hybridized carbons (Fsp3) is 0.600. The molecule has 0 amide bonds. The second kappa shape index (κ2) is 6.10. The van der Waals surface area contributed by atoms with Crippen molar-refractivity contribution < 1.29 is 14.5 Å². The number of carbonyl (C=O) groups excluding carboxylic acids is 1. The zero-order valence-electron chi connectivity index (χ0n) is 10.6. The molecule has 0 spiro atoms. The summed E-state index contributed by atoms with van der Waals surface area (Å²) in [7, 11) is 3.74. The van der Waals surface area contributed by atoms with E-state index in [0.29, 0.717) is 13.1 Å². The maximum Gasteiger partial charge on any atom is 0.401 e. The van der Waals surface area contributed by atoms with Crippen LogP contribution in [0.1, 0.15) is 17.5 Å². The SMILES string of the molecule is CCOC(=O)c1nc([N+](=O)[O-])cn1CCN(C)C. The van der Waals surface area contributed by atoms with Crippen LogP contribution in [0, 0.1) is 10.1 Å². The Balaban J connectivity index is 2.97. The average molecular weight is 256 g/mol. The largest absolute Gasteiger partial charge is 0.458 e. The highest BCUT2D eigenvalue weighted by Gasteiger charge is 2.25. The van der Waals surface area contributed by atoms with Crippen LogP contribution in [0.15, 0.2) is 6.20 Å². The Morgan fingerprint density at radius 3 is 2.78 bits per heavy atom. The highest BCUT2D eigenvalue weighted by atomic mass is 16.6. The van der Waals surface area contributed by atoms with Crippen molar-refractivity contribution in [3.05, 3.63) is 22.1 Å². The minimum atomic E-state index is -0.649. The summed E-state index contributed by atoms with van der Waals surface area (Å²) in [6.45, 7) is 2.94. The van der Waals surface area contributed by atoms with Gasteiger partial charge < -0.3 is 19.8 Å². The Morgan fingerprint density at radius 1 is 1.61 bits per heavy atom. The van der Waals surface area contributed by atoms with Gasteiger partial charge in [0.15, 0.2) is 0 Å². The zero-order chi connectivity index (χ0) is 13.7. The number of ether oxygens (including phenoxy) is 1. The number of carbonyl (C=O) groups is 1. The van der Waals surface area contributed by atoms with E-state index in [1.807, 2.05) is 19.0 Å². The zero-order valence-corrected chi connectivity index (χ0v) is 10.6. The third-order valence-corrected chi connectivity index (χ3v) is 2.20. The maximum atomic E-state index is 11.6. The van der Waals surface area contributed by atoms with Crippen molar-refractivity contribution in [1.82, 2.24) is 14.5 Å². The van der Waals surface area contributed by atoms with E-state index in [1.54, 1.807) is 6.92 Å². The number of hydrogen-bond donors (Lipinski definition) is 0. The molecule has 0 saturated carbocycles. The van der Waals surface area contributed by atoms with Crippen LogP contribution in [0.3, 0.4) is 0 Å². The lowest BCUT2D eigenvalue weighted by molar-refractivity contribution is -0.389. The molecule has 1 aromatic rings.